The fraction of sp³-hybridized carbons (Fsp3) is 0.800. The van der Waals surface area contributed by atoms with E-state index in [1.54, 1.807) is 0 Å². The largest absolute Gasteiger partial charge is 0.372 e. The molecule has 0 aromatic rings. The zero-order chi connectivity index (χ0) is 12.8. The number of carbonyl (C=O) groups is 1. The molecule has 0 heterocycles. The van der Waals surface area contributed by atoms with E-state index >= 15 is 0 Å². The average molecular weight is 236 g/mol. The van der Waals surface area contributed by atoms with Gasteiger partial charge in [-0.25, -0.2) is 0 Å². The number of rotatable bonds is 1. The quantitative estimate of drug-likeness (QED) is 0.651. The Labute approximate surface area is 104 Å². The lowest BCUT2D eigenvalue weighted by Crippen LogP contribution is -2.43. The molecule has 2 rings (SSSR count). The van der Waals surface area contributed by atoms with E-state index in [1.165, 1.54) is 0 Å². The van der Waals surface area contributed by atoms with Crippen LogP contribution in [-0.2, 0) is 9.53 Å². The van der Waals surface area contributed by atoms with Crippen molar-refractivity contribution in [2.24, 2.45) is 11.3 Å². The summed E-state index contributed by atoms with van der Waals surface area (Å²) in [5, 5.41) is 0. The highest BCUT2D eigenvalue weighted by atomic mass is 16.5. The summed E-state index contributed by atoms with van der Waals surface area (Å²) in [5.41, 5.74) is 0.864. The van der Waals surface area contributed by atoms with Crippen molar-refractivity contribution in [1.82, 2.24) is 0 Å². The van der Waals surface area contributed by atoms with Gasteiger partial charge in [0.25, 0.3) is 0 Å². The zero-order valence-electron chi connectivity index (χ0n) is 11.5. The Hall–Kier alpha value is -0.630. The zero-order valence-corrected chi connectivity index (χ0v) is 11.5. The third-order valence-electron chi connectivity index (χ3n) is 4.41. The van der Waals surface area contributed by atoms with E-state index in [2.05, 4.69) is 34.3 Å². The lowest BCUT2D eigenvalue weighted by Gasteiger charge is -2.42. The minimum atomic E-state index is -0.106. The van der Waals surface area contributed by atoms with Crippen molar-refractivity contribution in [2.75, 3.05) is 0 Å². The maximum Gasteiger partial charge on any atom is 0.158 e. The monoisotopic (exact) mass is 236 g/mol. The third kappa shape index (κ3) is 2.20. The van der Waals surface area contributed by atoms with Gasteiger partial charge in [0, 0.05) is 11.8 Å². The van der Waals surface area contributed by atoms with Crippen molar-refractivity contribution in [3.05, 3.63) is 12.2 Å². The minimum absolute atomic E-state index is 0.106. The molecule has 17 heavy (non-hydrogen) atoms. The molecule has 0 bridgehead atoms. The number of ether oxygens (including phenoxy) is 1. The molecule has 0 radical (unpaired) electrons. The Bertz CT molecular complexity index is 350. The van der Waals surface area contributed by atoms with Crippen molar-refractivity contribution >= 4 is 5.78 Å². The molecule has 2 fully saturated rings. The highest BCUT2D eigenvalue weighted by Crippen LogP contribution is 2.54. The molecule has 2 nitrogen and oxygen atoms in total. The van der Waals surface area contributed by atoms with Crippen molar-refractivity contribution < 1.29 is 9.53 Å². The number of hydrogen-bond donors (Lipinski definition) is 0. The first kappa shape index (κ1) is 12.8. The number of fused-ring (bicyclic) bond motifs is 1. The molecule has 0 aromatic heterocycles. The van der Waals surface area contributed by atoms with E-state index in [-0.39, 0.29) is 22.9 Å². The lowest BCUT2D eigenvalue weighted by atomic mass is 9.66. The van der Waals surface area contributed by atoms with E-state index < -0.39 is 0 Å². The number of Topliss-reactive ketones (excluding diaryl/α,β-unsaturated/α-hetero) is 1. The molecule has 0 spiro atoms. The summed E-state index contributed by atoms with van der Waals surface area (Å²) in [4.78, 5) is 11.7. The second kappa shape index (κ2) is 3.94. The van der Waals surface area contributed by atoms with Crippen molar-refractivity contribution in [3.8, 4) is 0 Å². The first-order chi connectivity index (χ1) is 7.74. The Morgan fingerprint density at radius 1 is 1.35 bits per heavy atom. The molecule has 2 aliphatic carbocycles. The number of allylic oxidation sites excluding steroid dienone is 1. The van der Waals surface area contributed by atoms with Gasteiger partial charge in [-0.1, -0.05) is 13.5 Å². The van der Waals surface area contributed by atoms with Crippen LogP contribution >= 0.6 is 0 Å². The highest BCUT2D eigenvalue weighted by Gasteiger charge is 2.52. The van der Waals surface area contributed by atoms with Gasteiger partial charge in [-0.05, 0) is 51.5 Å². The minimum Gasteiger partial charge on any atom is -0.372 e. The SMILES string of the molecule is C=C1C(=O)CCC2(C)C(OC(C)(C)C)CCC12. The van der Waals surface area contributed by atoms with Crippen molar-refractivity contribution in [2.45, 2.75) is 65.1 Å². The molecular formula is C15H24O2. The van der Waals surface area contributed by atoms with Gasteiger partial charge < -0.3 is 4.74 Å². The first-order valence-electron chi connectivity index (χ1n) is 6.64. The number of hydrogen-bond acceptors (Lipinski definition) is 2. The second-order valence-corrected chi connectivity index (χ2v) is 6.80. The maximum atomic E-state index is 11.7. The highest BCUT2D eigenvalue weighted by molar-refractivity contribution is 5.96. The standard InChI is InChI=1S/C15H24O2/c1-10-11-6-7-13(17-14(2,3)4)15(11,5)9-8-12(10)16/h11,13H,1,6-9H2,2-5H3. The molecular weight excluding hydrogens is 212 g/mol. The normalized spacial score (nSPS) is 38.4. The van der Waals surface area contributed by atoms with Crippen LogP contribution in [0.5, 0.6) is 0 Å². The fourth-order valence-corrected chi connectivity index (χ4v) is 3.47. The number of ketones is 1. The molecule has 2 saturated carbocycles. The molecule has 2 heteroatoms. The van der Waals surface area contributed by atoms with Gasteiger partial charge in [0.2, 0.25) is 0 Å². The van der Waals surface area contributed by atoms with E-state index in [9.17, 15) is 4.79 Å². The van der Waals surface area contributed by atoms with Gasteiger partial charge >= 0.3 is 0 Å². The van der Waals surface area contributed by atoms with Gasteiger partial charge in [0.1, 0.15) is 0 Å². The summed E-state index contributed by atoms with van der Waals surface area (Å²) in [6, 6.07) is 0. The predicted octanol–water partition coefficient (Wildman–Crippen LogP) is 3.51. The summed E-state index contributed by atoms with van der Waals surface area (Å²) in [6.45, 7) is 12.6. The third-order valence-corrected chi connectivity index (χ3v) is 4.41. The molecule has 0 aromatic carbocycles. The predicted molar refractivity (Wildman–Crippen MR) is 68.8 cm³/mol. The number of carbonyl (C=O) groups excluding carboxylic acids is 1. The molecule has 3 unspecified atom stereocenters. The van der Waals surface area contributed by atoms with E-state index in [0.717, 1.165) is 24.8 Å². The van der Waals surface area contributed by atoms with Crippen LogP contribution in [0.15, 0.2) is 12.2 Å². The van der Waals surface area contributed by atoms with Crippen molar-refractivity contribution in [1.29, 1.82) is 0 Å². The second-order valence-electron chi connectivity index (χ2n) is 6.80. The van der Waals surface area contributed by atoms with Gasteiger partial charge in [-0.2, -0.15) is 0 Å². The van der Waals surface area contributed by atoms with Crippen LogP contribution in [-0.4, -0.2) is 17.5 Å². The van der Waals surface area contributed by atoms with Crippen LogP contribution in [0, 0.1) is 11.3 Å². The Kier molecular flexibility index (Phi) is 2.97. The summed E-state index contributed by atoms with van der Waals surface area (Å²) in [6.07, 6.45) is 4.00. The van der Waals surface area contributed by atoms with Crippen LogP contribution in [0.25, 0.3) is 0 Å². The Morgan fingerprint density at radius 2 is 2.00 bits per heavy atom. The Balaban J connectivity index is 2.20. The average Bonchev–Trinajstić information content (AvgIpc) is 2.50. The molecule has 0 amide bonds. The Morgan fingerprint density at radius 3 is 2.59 bits per heavy atom. The first-order valence-corrected chi connectivity index (χ1v) is 6.64. The van der Waals surface area contributed by atoms with E-state index in [0.29, 0.717) is 12.3 Å². The maximum absolute atomic E-state index is 11.7. The molecule has 2 aliphatic rings. The molecule has 96 valence electrons. The molecule has 0 N–H and O–H groups in total. The van der Waals surface area contributed by atoms with Gasteiger partial charge in [-0.15, -0.1) is 0 Å². The smallest absolute Gasteiger partial charge is 0.158 e. The van der Waals surface area contributed by atoms with Gasteiger partial charge in [0.15, 0.2) is 5.78 Å². The molecule has 0 aliphatic heterocycles. The van der Waals surface area contributed by atoms with Crippen LogP contribution in [0.4, 0.5) is 0 Å². The summed E-state index contributed by atoms with van der Waals surface area (Å²) < 4.78 is 6.20. The van der Waals surface area contributed by atoms with Crippen LogP contribution in [0.1, 0.15) is 53.4 Å². The van der Waals surface area contributed by atoms with Gasteiger partial charge in [0.05, 0.1) is 11.7 Å². The van der Waals surface area contributed by atoms with E-state index in [1.807, 2.05) is 0 Å². The van der Waals surface area contributed by atoms with Gasteiger partial charge in [-0.3, -0.25) is 4.79 Å². The summed E-state index contributed by atoms with van der Waals surface area (Å²) >= 11 is 0. The van der Waals surface area contributed by atoms with Crippen LogP contribution in [0.2, 0.25) is 0 Å². The summed E-state index contributed by atoms with van der Waals surface area (Å²) in [5.74, 6) is 0.611. The lowest BCUT2D eigenvalue weighted by molar-refractivity contribution is -0.128. The summed E-state index contributed by atoms with van der Waals surface area (Å²) in [7, 11) is 0. The molecule has 0 saturated heterocycles. The topological polar surface area (TPSA) is 26.3 Å². The fourth-order valence-electron chi connectivity index (χ4n) is 3.47. The van der Waals surface area contributed by atoms with Crippen LogP contribution in [0.3, 0.4) is 0 Å². The van der Waals surface area contributed by atoms with Crippen molar-refractivity contribution in [3.63, 3.8) is 0 Å². The molecule has 3 atom stereocenters. The van der Waals surface area contributed by atoms with Crippen LogP contribution < -0.4 is 0 Å². The van der Waals surface area contributed by atoms with E-state index in [4.69, 9.17) is 4.74 Å².